The van der Waals surface area contributed by atoms with Crippen LogP contribution in [-0.2, 0) is 35.2 Å². The number of carbonyl (C=O) groups is 6. The van der Waals surface area contributed by atoms with E-state index < -0.39 is 53.3 Å². The van der Waals surface area contributed by atoms with Crippen molar-refractivity contribution in [2.24, 2.45) is 11.8 Å². The third kappa shape index (κ3) is 10.9. The molecule has 12 nitrogen and oxygen atoms in total. The summed E-state index contributed by atoms with van der Waals surface area (Å²) in [5.74, 6) is -3.09. The van der Waals surface area contributed by atoms with Crippen LogP contribution >= 0.6 is 0 Å². The molecular formula is C33H50N6O6. The molecule has 2 heterocycles. The van der Waals surface area contributed by atoms with Crippen molar-refractivity contribution in [3.05, 3.63) is 35.9 Å². The van der Waals surface area contributed by atoms with E-state index in [0.29, 0.717) is 25.8 Å². The average Bonchev–Trinajstić information content (AvgIpc) is 3.42. The second-order valence-corrected chi connectivity index (χ2v) is 13.7. The number of carbonyl (C=O) groups excluding carboxylic acids is 6. The van der Waals surface area contributed by atoms with Crippen molar-refractivity contribution in [3.8, 4) is 0 Å². The number of ketones is 1. The lowest BCUT2D eigenvalue weighted by Crippen LogP contribution is -2.64. The summed E-state index contributed by atoms with van der Waals surface area (Å²) in [6, 6.07) is 5.86. The molecule has 248 valence electrons. The normalized spacial score (nSPS) is 26.6. The Morgan fingerprint density at radius 3 is 2.27 bits per heavy atom. The van der Waals surface area contributed by atoms with Crippen LogP contribution in [0.2, 0.25) is 0 Å². The lowest BCUT2D eigenvalue weighted by Gasteiger charge is -2.37. The van der Waals surface area contributed by atoms with Gasteiger partial charge in [0.25, 0.3) is 0 Å². The van der Waals surface area contributed by atoms with Crippen LogP contribution in [0.15, 0.2) is 30.3 Å². The van der Waals surface area contributed by atoms with Crippen LogP contribution in [0.5, 0.6) is 0 Å². The predicted octanol–water partition coefficient (Wildman–Crippen LogP) is 0.834. The first-order valence-electron chi connectivity index (χ1n) is 15.9. The van der Waals surface area contributed by atoms with Crippen LogP contribution < -0.4 is 26.6 Å². The van der Waals surface area contributed by atoms with Crippen LogP contribution in [0, 0.1) is 11.8 Å². The lowest BCUT2D eigenvalue weighted by atomic mass is 9.91. The Labute approximate surface area is 266 Å². The number of benzene rings is 1. The van der Waals surface area contributed by atoms with E-state index >= 15 is 0 Å². The molecule has 0 radical (unpaired) electrons. The summed E-state index contributed by atoms with van der Waals surface area (Å²) in [6.07, 6.45) is 1.63. The van der Waals surface area contributed by atoms with E-state index in [9.17, 15) is 28.8 Å². The SMILES string of the molecule is CC(C)C[C@H]1CC(=O)CNC(=O)[C@@H]2CCCN2C(C(=O)NC(C)(C)C)[C@H](C)NC(=O)[C@H](Cc2ccccc2)NC(=O)CNC1=O. The second kappa shape index (κ2) is 16.0. The maximum atomic E-state index is 13.8. The van der Waals surface area contributed by atoms with Crippen LogP contribution in [-0.4, -0.2) is 89.6 Å². The zero-order valence-corrected chi connectivity index (χ0v) is 27.4. The lowest BCUT2D eigenvalue weighted by molar-refractivity contribution is -0.136. The molecule has 2 saturated heterocycles. The van der Waals surface area contributed by atoms with E-state index in [1.54, 1.807) is 11.8 Å². The van der Waals surface area contributed by atoms with E-state index in [0.717, 1.165) is 5.56 Å². The third-order valence-corrected chi connectivity index (χ3v) is 7.98. The Balaban J connectivity index is 1.97. The van der Waals surface area contributed by atoms with Gasteiger partial charge in [-0.05, 0) is 65.0 Å². The number of amides is 5. The van der Waals surface area contributed by atoms with Gasteiger partial charge in [-0.15, -0.1) is 0 Å². The third-order valence-electron chi connectivity index (χ3n) is 7.98. The quantitative estimate of drug-likeness (QED) is 0.323. The van der Waals surface area contributed by atoms with Gasteiger partial charge in [0.15, 0.2) is 5.78 Å². The van der Waals surface area contributed by atoms with Gasteiger partial charge in [-0.1, -0.05) is 44.2 Å². The zero-order valence-electron chi connectivity index (χ0n) is 27.4. The Morgan fingerprint density at radius 1 is 0.956 bits per heavy atom. The zero-order chi connectivity index (χ0) is 33.3. The molecule has 0 bridgehead atoms. The van der Waals surface area contributed by atoms with Crippen LogP contribution in [0.25, 0.3) is 0 Å². The van der Waals surface area contributed by atoms with Gasteiger partial charge in [0.2, 0.25) is 29.5 Å². The molecule has 1 aromatic carbocycles. The number of nitrogens with zero attached hydrogens (tertiary/aromatic N) is 1. The standard InChI is InChI=1S/C33H50N6O6/c1-20(2)15-23-17-24(40)18-34-31(44)26-13-10-14-39(26)28(32(45)38-33(4,5)6)21(3)36-30(43)25(16-22-11-8-7-9-12-22)37-27(41)19-35-29(23)42/h7-9,11-12,20-21,23,25-26,28H,10,13-19H2,1-6H3,(H,34,44)(H,35,42)(H,36,43)(H,37,41)(H,38,45)/t21-,23-,25-,26-,28?/m0/s1. The minimum absolute atomic E-state index is 0.0903. The van der Waals surface area contributed by atoms with E-state index in [4.69, 9.17) is 0 Å². The van der Waals surface area contributed by atoms with Crippen molar-refractivity contribution >= 4 is 35.3 Å². The van der Waals surface area contributed by atoms with Gasteiger partial charge in [-0.3, -0.25) is 33.7 Å². The summed E-state index contributed by atoms with van der Waals surface area (Å²) >= 11 is 0. The molecule has 1 aromatic rings. The molecule has 2 aliphatic heterocycles. The highest BCUT2D eigenvalue weighted by molar-refractivity contribution is 5.94. The van der Waals surface area contributed by atoms with Gasteiger partial charge in [0.1, 0.15) is 12.1 Å². The molecule has 1 unspecified atom stereocenters. The fraction of sp³-hybridized carbons (Fsp3) is 0.636. The summed E-state index contributed by atoms with van der Waals surface area (Å²) in [5, 5.41) is 14.0. The Bertz CT molecular complexity index is 1230. The van der Waals surface area contributed by atoms with Gasteiger partial charge in [-0.25, -0.2) is 0 Å². The minimum Gasteiger partial charge on any atom is -0.350 e. The van der Waals surface area contributed by atoms with Crippen molar-refractivity contribution in [2.45, 2.75) is 103 Å². The number of hydrogen-bond acceptors (Lipinski definition) is 7. The molecule has 5 amide bonds. The molecule has 5 N–H and O–H groups in total. The largest absolute Gasteiger partial charge is 0.350 e. The average molecular weight is 627 g/mol. The molecule has 5 atom stereocenters. The van der Waals surface area contributed by atoms with Crippen molar-refractivity contribution in [2.75, 3.05) is 19.6 Å². The summed E-state index contributed by atoms with van der Waals surface area (Å²) in [6.45, 7) is 10.9. The maximum absolute atomic E-state index is 13.8. The van der Waals surface area contributed by atoms with Crippen molar-refractivity contribution < 1.29 is 28.8 Å². The first-order valence-corrected chi connectivity index (χ1v) is 15.9. The van der Waals surface area contributed by atoms with Gasteiger partial charge < -0.3 is 26.6 Å². The highest BCUT2D eigenvalue weighted by Gasteiger charge is 2.43. The molecule has 0 saturated carbocycles. The summed E-state index contributed by atoms with van der Waals surface area (Å²) in [4.78, 5) is 81.8. The maximum Gasteiger partial charge on any atom is 0.243 e. The number of fused-ring (bicyclic) bond motifs is 1. The van der Waals surface area contributed by atoms with Crippen molar-refractivity contribution in [1.29, 1.82) is 0 Å². The molecule has 3 rings (SSSR count). The second-order valence-electron chi connectivity index (χ2n) is 13.7. The summed E-state index contributed by atoms with van der Waals surface area (Å²) in [7, 11) is 0. The first kappa shape index (κ1) is 35.7. The van der Waals surface area contributed by atoms with Gasteiger partial charge in [-0.2, -0.15) is 0 Å². The van der Waals surface area contributed by atoms with Crippen LogP contribution in [0.3, 0.4) is 0 Å². The number of rotatable bonds is 5. The monoisotopic (exact) mass is 626 g/mol. The highest BCUT2D eigenvalue weighted by atomic mass is 16.2. The highest BCUT2D eigenvalue weighted by Crippen LogP contribution is 2.24. The molecular weight excluding hydrogens is 576 g/mol. The van der Waals surface area contributed by atoms with E-state index in [1.807, 2.05) is 65.0 Å². The van der Waals surface area contributed by atoms with E-state index in [-0.39, 0.29) is 49.4 Å². The number of Topliss-reactive ketones (excluding diaryl/α,β-unsaturated/α-hetero) is 1. The Hall–Kier alpha value is -3.80. The van der Waals surface area contributed by atoms with Crippen LogP contribution in [0.4, 0.5) is 0 Å². The predicted molar refractivity (Wildman–Crippen MR) is 170 cm³/mol. The minimum atomic E-state index is -1.00. The van der Waals surface area contributed by atoms with Crippen molar-refractivity contribution in [3.63, 3.8) is 0 Å². The Kier molecular flexibility index (Phi) is 12.7. The fourth-order valence-electron chi connectivity index (χ4n) is 6.03. The molecule has 12 heteroatoms. The number of hydrogen-bond donors (Lipinski definition) is 5. The smallest absolute Gasteiger partial charge is 0.243 e. The summed E-state index contributed by atoms with van der Waals surface area (Å²) < 4.78 is 0. The topological polar surface area (TPSA) is 166 Å². The van der Waals surface area contributed by atoms with Gasteiger partial charge >= 0.3 is 0 Å². The Morgan fingerprint density at radius 2 is 1.62 bits per heavy atom. The molecule has 0 spiro atoms. The molecule has 0 aromatic heterocycles. The summed E-state index contributed by atoms with van der Waals surface area (Å²) in [5.41, 5.74) is 0.239. The molecule has 2 fully saturated rings. The van der Waals surface area contributed by atoms with Crippen LogP contribution in [0.1, 0.15) is 72.8 Å². The van der Waals surface area contributed by atoms with Crippen molar-refractivity contribution in [1.82, 2.24) is 31.5 Å². The van der Waals surface area contributed by atoms with Gasteiger partial charge in [0, 0.05) is 24.3 Å². The van der Waals surface area contributed by atoms with E-state index in [1.165, 1.54) is 0 Å². The molecule has 2 aliphatic rings. The fourth-order valence-corrected chi connectivity index (χ4v) is 6.03. The van der Waals surface area contributed by atoms with Gasteiger partial charge in [0.05, 0.1) is 25.2 Å². The molecule has 45 heavy (non-hydrogen) atoms. The number of nitrogens with one attached hydrogen (secondary N) is 5. The van der Waals surface area contributed by atoms with E-state index in [2.05, 4.69) is 26.6 Å². The molecule has 0 aliphatic carbocycles. The first-order chi connectivity index (χ1) is 21.1.